The molecule has 19 heteroatoms. The zero-order valence-corrected chi connectivity index (χ0v) is 31.5. The van der Waals surface area contributed by atoms with Crippen molar-refractivity contribution >= 4 is 142 Å². The van der Waals surface area contributed by atoms with Gasteiger partial charge in [-0.2, -0.15) is 18.2 Å². The molecule has 1 aliphatic carbocycles. The van der Waals surface area contributed by atoms with Crippen molar-refractivity contribution < 1.29 is 28.8 Å². The standard InChI is InChI=1S/C21H31B3I3N4O6P3/c22-40(27)16-11-15(32)12(19(16)35)1-4-29(7-8-31-18(34)10-14(21(31)37)24(26)39)5-2-28-3-6-30-17(33)9-13(20(30)36)23(25)38/h12-14,16,28H,1-11,38-39H2. The topological polar surface area (TPSA) is 124 Å². The summed E-state index contributed by atoms with van der Waals surface area (Å²) in [6.45, 7) is 2.91. The molecule has 3 aliphatic rings. The SMILES string of the molecule is [B]P(I)C1CC(=O)C(CCN(CCNCCN2C(=O)CC(B(P)I)C2=O)CCN2C(=O)CC(B(P)I)C2=O)C1=O. The van der Waals surface area contributed by atoms with Crippen molar-refractivity contribution in [1.29, 1.82) is 0 Å². The van der Waals surface area contributed by atoms with Crippen LogP contribution in [0.5, 0.6) is 0 Å². The summed E-state index contributed by atoms with van der Waals surface area (Å²) in [7, 11) is 11.1. The Morgan fingerprint density at radius 3 is 1.90 bits per heavy atom. The highest BCUT2D eigenvalue weighted by Crippen LogP contribution is 2.50. The van der Waals surface area contributed by atoms with Crippen LogP contribution in [-0.2, 0) is 28.8 Å². The summed E-state index contributed by atoms with van der Waals surface area (Å²) in [4.78, 5) is 80.0. The minimum Gasteiger partial charge on any atom is -0.314 e. The van der Waals surface area contributed by atoms with Gasteiger partial charge in [0.05, 0.1) is 5.92 Å². The van der Waals surface area contributed by atoms with E-state index in [2.05, 4.69) is 68.3 Å². The second-order valence-corrected chi connectivity index (χ2v) is 21.8. The quantitative estimate of drug-likeness (QED) is 0.0657. The van der Waals surface area contributed by atoms with Gasteiger partial charge in [0.15, 0.2) is 5.78 Å². The lowest BCUT2D eigenvalue weighted by Crippen LogP contribution is -2.43. The van der Waals surface area contributed by atoms with E-state index in [1.807, 2.05) is 26.9 Å². The summed E-state index contributed by atoms with van der Waals surface area (Å²) >= 11 is 6.33. The summed E-state index contributed by atoms with van der Waals surface area (Å²) in [5.41, 5.74) is -1.44. The van der Waals surface area contributed by atoms with Crippen LogP contribution in [0.1, 0.15) is 25.7 Å². The number of nitrogens with one attached hydrogen (secondary N) is 1. The first-order valence-corrected chi connectivity index (χ1v) is 21.1. The maximum Gasteiger partial charge on any atom is 0.252 e. The molecule has 1 N–H and O–H groups in total. The minimum atomic E-state index is -1.05. The van der Waals surface area contributed by atoms with Crippen molar-refractivity contribution in [1.82, 2.24) is 20.0 Å². The first kappa shape index (κ1) is 35.7. The van der Waals surface area contributed by atoms with Gasteiger partial charge in [-0.3, -0.25) is 38.6 Å². The van der Waals surface area contributed by atoms with Crippen molar-refractivity contribution in [3.05, 3.63) is 0 Å². The van der Waals surface area contributed by atoms with Crippen molar-refractivity contribution in [2.75, 3.05) is 45.8 Å². The average molecular weight is 942 g/mol. The van der Waals surface area contributed by atoms with Gasteiger partial charge in [0.25, 0.3) is 8.58 Å². The molecular weight excluding hydrogens is 910 g/mol. The van der Waals surface area contributed by atoms with E-state index < -0.39 is 17.0 Å². The first-order chi connectivity index (χ1) is 18.8. The van der Waals surface area contributed by atoms with Crippen LogP contribution in [0, 0.1) is 5.92 Å². The average Bonchev–Trinajstić information content (AvgIpc) is 3.45. The van der Waals surface area contributed by atoms with Gasteiger partial charge >= 0.3 is 0 Å². The monoisotopic (exact) mass is 942 g/mol. The summed E-state index contributed by atoms with van der Waals surface area (Å²) in [6, 6.07) is 0. The lowest BCUT2D eigenvalue weighted by atomic mass is 9.84. The van der Waals surface area contributed by atoms with Gasteiger partial charge in [-0.25, -0.2) is 0 Å². The van der Waals surface area contributed by atoms with E-state index in [9.17, 15) is 28.8 Å². The summed E-state index contributed by atoms with van der Waals surface area (Å²) in [6.07, 6.45) is 0.998. The molecule has 7 unspecified atom stereocenters. The molecule has 7 atom stereocenters. The number of hydrogen-bond donors (Lipinski definition) is 1. The number of halogens is 3. The Labute approximate surface area is 282 Å². The number of imide groups is 2. The van der Waals surface area contributed by atoms with Gasteiger partial charge < -0.3 is 10.2 Å². The first-order valence-electron chi connectivity index (χ1n) is 13.0. The van der Waals surface area contributed by atoms with Crippen LogP contribution >= 0.6 is 90.5 Å². The van der Waals surface area contributed by atoms with Crippen LogP contribution in [-0.4, -0.2) is 118 Å². The fourth-order valence-corrected chi connectivity index (χ4v) is 9.08. The highest BCUT2D eigenvalue weighted by atomic mass is 127. The molecule has 2 heterocycles. The van der Waals surface area contributed by atoms with Crippen LogP contribution in [0.2, 0.25) is 11.6 Å². The number of amides is 4. The minimum absolute atomic E-state index is 0.00619. The predicted octanol–water partition coefficient (Wildman–Crippen LogP) is 1.56. The Hall–Kier alpha value is 1.21. The lowest BCUT2D eigenvalue weighted by molar-refractivity contribution is -0.140. The Morgan fingerprint density at radius 1 is 0.875 bits per heavy atom. The number of nitrogens with zero attached hydrogens (tertiary/aromatic N) is 3. The van der Waals surface area contributed by atoms with E-state index >= 15 is 0 Å². The van der Waals surface area contributed by atoms with Crippen molar-refractivity contribution in [3.63, 3.8) is 0 Å². The zero-order valence-electron chi connectivity index (χ0n) is 21.8. The lowest BCUT2D eigenvalue weighted by Gasteiger charge is -2.26. The third-order valence-corrected chi connectivity index (χ3v) is 13.3. The maximum absolute atomic E-state index is 12.8. The van der Waals surface area contributed by atoms with Crippen molar-refractivity contribution in [3.8, 4) is 0 Å². The van der Waals surface area contributed by atoms with Crippen LogP contribution < -0.4 is 5.32 Å². The molecule has 2 radical (unpaired) electrons. The zero-order chi connectivity index (χ0) is 29.7. The second kappa shape index (κ2) is 16.5. The molecule has 0 aromatic rings. The highest BCUT2D eigenvalue weighted by Gasteiger charge is 2.44. The number of hydrogen-bond acceptors (Lipinski definition) is 8. The maximum atomic E-state index is 12.8. The highest BCUT2D eigenvalue weighted by molar-refractivity contribution is 14.2. The van der Waals surface area contributed by atoms with E-state index in [4.69, 9.17) is 7.57 Å². The Kier molecular flexibility index (Phi) is 14.7. The molecule has 3 rings (SSSR count). The third kappa shape index (κ3) is 9.13. The van der Waals surface area contributed by atoms with Gasteiger partial charge in [0.1, 0.15) is 13.3 Å². The molecule has 0 aromatic carbocycles. The molecule has 1 saturated carbocycles. The van der Waals surface area contributed by atoms with Gasteiger partial charge in [0, 0.05) is 75.8 Å². The summed E-state index contributed by atoms with van der Waals surface area (Å²) < 4.78 is -0.0206. The molecule has 0 aromatic heterocycles. The second-order valence-electron chi connectivity index (χ2n) is 10.1. The smallest absolute Gasteiger partial charge is 0.252 e. The predicted molar refractivity (Wildman–Crippen MR) is 192 cm³/mol. The number of ketones is 2. The summed E-state index contributed by atoms with van der Waals surface area (Å²) in [5, 5.41) is 3.27. The molecular formula is C21H31B3I3N4O6P3. The molecule has 4 amide bonds. The third-order valence-electron chi connectivity index (χ3n) is 7.57. The Morgan fingerprint density at radius 2 is 1.43 bits per heavy atom. The Bertz CT molecular complexity index is 983. The number of likely N-dealkylation sites (tertiary alicyclic amines) is 2. The largest absolute Gasteiger partial charge is 0.314 e. The van der Waals surface area contributed by atoms with Crippen LogP contribution in [0.3, 0.4) is 0 Å². The van der Waals surface area contributed by atoms with Crippen molar-refractivity contribution in [2.45, 2.75) is 43.0 Å². The van der Waals surface area contributed by atoms with Crippen LogP contribution in [0.4, 0.5) is 0 Å². The molecule has 3 fully saturated rings. The fourth-order valence-electron chi connectivity index (χ4n) is 5.16. The molecule has 40 heavy (non-hydrogen) atoms. The molecule has 0 bridgehead atoms. The normalized spacial score (nSPS) is 26.1. The number of carbonyl (C=O) groups excluding carboxylic acids is 6. The van der Waals surface area contributed by atoms with Gasteiger partial charge in [0.2, 0.25) is 23.6 Å². The molecule has 0 spiro atoms. The number of rotatable bonds is 15. The van der Waals surface area contributed by atoms with E-state index in [-0.39, 0.29) is 87.8 Å². The molecule has 216 valence electrons. The van der Waals surface area contributed by atoms with E-state index in [1.165, 1.54) is 9.80 Å². The molecule has 10 nitrogen and oxygen atoms in total. The van der Waals surface area contributed by atoms with Crippen LogP contribution in [0.15, 0.2) is 0 Å². The molecule has 2 saturated heterocycles. The Balaban J connectivity index is 1.54. The molecule has 2 aliphatic heterocycles. The van der Waals surface area contributed by atoms with Gasteiger partial charge in [-0.1, -0.05) is 27.5 Å². The van der Waals surface area contributed by atoms with E-state index in [0.29, 0.717) is 39.1 Å². The number of Topliss-reactive ketones (excluding diaryl/α,β-unsaturated/α-hetero) is 2. The van der Waals surface area contributed by atoms with Crippen LogP contribution in [0.25, 0.3) is 0 Å². The summed E-state index contributed by atoms with van der Waals surface area (Å²) in [5.74, 6) is -2.11. The number of carbonyl (C=O) groups is 6. The fraction of sp³-hybridized carbons (Fsp3) is 0.714. The van der Waals surface area contributed by atoms with Gasteiger partial charge in [-0.05, 0) is 13.0 Å². The van der Waals surface area contributed by atoms with E-state index in [1.54, 1.807) is 0 Å². The van der Waals surface area contributed by atoms with Gasteiger partial charge in [-0.15, -0.1) is 44.7 Å². The van der Waals surface area contributed by atoms with E-state index in [0.717, 1.165) is 0 Å². The van der Waals surface area contributed by atoms with Crippen molar-refractivity contribution in [2.24, 2.45) is 5.92 Å².